The largest absolute Gasteiger partial charge is 0.497 e. The van der Waals surface area contributed by atoms with Crippen LogP contribution in [0.5, 0.6) is 5.75 Å². The summed E-state index contributed by atoms with van der Waals surface area (Å²) in [5.41, 5.74) is 1.87. The first-order valence-corrected chi connectivity index (χ1v) is 12.8. The van der Waals surface area contributed by atoms with E-state index in [1.807, 2.05) is 36.4 Å². The number of nitrogens with one attached hydrogen (secondary N) is 2. The molecule has 1 aliphatic heterocycles. The molecule has 8 heteroatoms. The molecule has 1 fully saturated rings. The maximum absolute atomic E-state index is 12.7. The average molecular weight is 495 g/mol. The Hall–Kier alpha value is -2.97. The first-order chi connectivity index (χ1) is 17.1. The van der Waals surface area contributed by atoms with E-state index < -0.39 is 0 Å². The van der Waals surface area contributed by atoms with Crippen molar-refractivity contribution in [2.45, 2.75) is 51.1 Å². The summed E-state index contributed by atoms with van der Waals surface area (Å²) in [4.78, 5) is 30.9. The summed E-state index contributed by atoms with van der Waals surface area (Å²) in [6.07, 6.45) is 5.29. The fourth-order valence-corrected chi connectivity index (χ4v) is 5.08. The van der Waals surface area contributed by atoms with Crippen molar-refractivity contribution in [3.05, 3.63) is 69.2 Å². The molecule has 0 radical (unpaired) electrons. The second-order valence-electron chi connectivity index (χ2n) is 9.08. The van der Waals surface area contributed by atoms with Crippen molar-refractivity contribution in [2.24, 2.45) is 0 Å². The molecule has 1 saturated heterocycles. The number of hydrogen-bond donors (Lipinski definition) is 2. The maximum Gasteiger partial charge on any atom is 0.262 e. The van der Waals surface area contributed by atoms with Crippen LogP contribution >= 0.6 is 12.2 Å². The Morgan fingerprint density at radius 1 is 1.11 bits per heavy atom. The molecule has 1 amide bonds. The lowest BCUT2D eigenvalue weighted by Gasteiger charge is -2.28. The van der Waals surface area contributed by atoms with Gasteiger partial charge in [0, 0.05) is 19.5 Å². The van der Waals surface area contributed by atoms with Crippen molar-refractivity contribution in [2.75, 3.05) is 26.7 Å². The summed E-state index contributed by atoms with van der Waals surface area (Å²) >= 11 is 5.38. The summed E-state index contributed by atoms with van der Waals surface area (Å²) in [5.74, 6) is 0.903. The van der Waals surface area contributed by atoms with Gasteiger partial charge in [0.15, 0.2) is 4.77 Å². The number of unbranched alkanes of at least 4 members (excludes halogenated alkanes) is 2. The first-order valence-electron chi connectivity index (χ1n) is 12.4. The fraction of sp³-hybridized carbons (Fsp3) is 0.444. The van der Waals surface area contributed by atoms with E-state index in [0.717, 1.165) is 43.6 Å². The number of likely N-dealkylation sites (tertiary alicyclic amines) is 1. The van der Waals surface area contributed by atoms with Crippen molar-refractivity contribution in [3.8, 4) is 5.75 Å². The predicted octanol–water partition coefficient (Wildman–Crippen LogP) is 4.58. The number of methoxy groups -OCH3 is 1. The molecule has 4 rings (SSSR count). The Labute approximate surface area is 211 Å². The van der Waals surface area contributed by atoms with Gasteiger partial charge in [-0.1, -0.05) is 30.7 Å². The molecular weight excluding hydrogens is 460 g/mol. The number of H-pyrrole nitrogens is 1. The second-order valence-corrected chi connectivity index (χ2v) is 9.47. The van der Waals surface area contributed by atoms with Gasteiger partial charge < -0.3 is 15.0 Å². The number of carbonyl (C=O) groups excluding carboxylic acids is 1. The van der Waals surface area contributed by atoms with Gasteiger partial charge in [0.05, 0.1) is 24.1 Å². The van der Waals surface area contributed by atoms with Crippen LogP contribution < -0.4 is 15.6 Å². The predicted molar refractivity (Wildman–Crippen MR) is 141 cm³/mol. The van der Waals surface area contributed by atoms with Crippen molar-refractivity contribution in [1.29, 1.82) is 0 Å². The van der Waals surface area contributed by atoms with Gasteiger partial charge in [0.25, 0.3) is 5.56 Å². The molecule has 0 saturated carbocycles. The lowest BCUT2D eigenvalue weighted by molar-refractivity contribution is -0.121. The van der Waals surface area contributed by atoms with Crippen LogP contribution in [0.3, 0.4) is 0 Å². The monoisotopic (exact) mass is 494 g/mol. The van der Waals surface area contributed by atoms with E-state index in [1.54, 1.807) is 11.7 Å². The molecule has 2 aromatic carbocycles. The number of fused-ring (bicyclic) bond motifs is 1. The number of nitrogens with zero attached hydrogens (tertiary/aromatic N) is 2. The van der Waals surface area contributed by atoms with E-state index in [2.05, 4.69) is 27.3 Å². The third-order valence-corrected chi connectivity index (χ3v) is 7.05. The number of aromatic nitrogens is 2. The van der Waals surface area contributed by atoms with Crippen molar-refractivity contribution >= 4 is 29.0 Å². The highest BCUT2D eigenvalue weighted by atomic mass is 32.1. The molecule has 0 spiro atoms. The molecule has 1 aliphatic rings. The number of amides is 1. The van der Waals surface area contributed by atoms with Gasteiger partial charge in [0.2, 0.25) is 5.91 Å². The third kappa shape index (κ3) is 6.38. The highest BCUT2D eigenvalue weighted by Gasteiger charge is 2.24. The van der Waals surface area contributed by atoms with E-state index in [4.69, 9.17) is 17.0 Å². The number of aromatic amines is 1. The van der Waals surface area contributed by atoms with Crippen LogP contribution in [0.25, 0.3) is 10.9 Å². The fourth-order valence-electron chi connectivity index (χ4n) is 4.79. The molecule has 3 aromatic rings. The smallest absolute Gasteiger partial charge is 0.262 e. The van der Waals surface area contributed by atoms with E-state index in [-0.39, 0.29) is 17.5 Å². The zero-order valence-electron chi connectivity index (χ0n) is 20.3. The van der Waals surface area contributed by atoms with E-state index in [9.17, 15) is 9.59 Å². The van der Waals surface area contributed by atoms with Crippen LogP contribution in [0.4, 0.5) is 0 Å². The molecule has 1 aromatic heterocycles. The first kappa shape index (κ1) is 25.1. The summed E-state index contributed by atoms with van der Waals surface area (Å²) in [6.45, 7) is 3.24. The summed E-state index contributed by atoms with van der Waals surface area (Å²) in [6, 6.07) is 15.7. The molecule has 0 bridgehead atoms. The third-order valence-electron chi connectivity index (χ3n) is 6.73. The minimum absolute atomic E-state index is 0.0624. The Morgan fingerprint density at radius 3 is 2.71 bits per heavy atom. The highest BCUT2D eigenvalue weighted by Crippen LogP contribution is 2.27. The molecule has 7 nitrogen and oxygen atoms in total. The number of rotatable bonds is 11. The van der Waals surface area contributed by atoms with E-state index in [0.29, 0.717) is 29.7 Å². The zero-order chi connectivity index (χ0) is 24.6. The Morgan fingerprint density at radius 2 is 1.91 bits per heavy atom. The van der Waals surface area contributed by atoms with Gasteiger partial charge in [-0.15, -0.1) is 0 Å². The van der Waals surface area contributed by atoms with Crippen molar-refractivity contribution in [3.63, 3.8) is 0 Å². The highest BCUT2D eigenvalue weighted by molar-refractivity contribution is 7.71. The second kappa shape index (κ2) is 12.1. The molecule has 0 aliphatic carbocycles. The summed E-state index contributed by atoms with van der Waals surface area (Å²) < 4.78 is 7.46. The lowest BCUT2D eigenvalue weighted by atomic mass is 10.0. The molecule has 2 N–H and O–H groups in total. The molecular formula is C27H34N4O3S. The quantitative estimate of drug-likeness (QED) is 0.301. The van der Waals surface area contributed by atoms with Crippen LogP contribution in [-0.4, -0.2) is 47.1 Å². The molecule has 1 unspecified atom stereocenters. The summed E-state index contributed by atoms with van der Waals surface area (Å²) in [5, 5.41) is 3.79. The molecule has 2 heterocycles. The lowest BCUT2D eigenvalue weighted by Crippen LogP contribution is -2.36. The van der Waals surface area contributed by atoms with Crippen LogP contribution in [0.2, 0.25) is 0 Å². The molecule has 186 valence electrons. The van der Waals surface area contributed by atoms with Crippen molar-refractivity contribution in [1.82, 2.24) is 19.8 Å². The van der Waals surface area contributed by atoms with Crippen LogP contribution in [0.1, 0.15) is 50.1 Å². The number of benzene rings is 2. The van der Waals surface area contributed by atoms with Gasteiger partial charge in [-0.25, -0.2) is 0 Å². The minimum Gasteiger partial charge on any atom is -0.497 e. The van der Waals surface area contributed by atoms with Crippen LogP contribution in [-0.2, 0) is 11.3 Å². The zero-order valence-corrected chi connectivity index (χ0v) is 21.1. The Bertz CT molecular complexity index is 1260. The maximum atomic E-state index is 12.7. The number of ether oxygens (including phenoxy) is 1. The number of carbonyl (C=O) groups is 1. The van der Waals surface area contributed by atoms with Gasteiger partial charge in [-0.3, -0.25) is 19.1 Å². The molecule has 1 atom stereocenters. The number of hydrogen-bond acceptors (Lipinski definition) is 5. The van der Waals surface area contributed by atoms with Gasteiger partial charge in [0.1, 0.15) is 5.75 Å². The topological polar surface area (TPSA) is 79.4 Å². The van der Waals surface area contributed by atoms with Gasteiger partial charge in [-0.05, 0) is 80.8 Å². The van der Waals surface area contributed by atoms with Gasteiger partial charge >= 0.3 is 0 Å². The Kier molecular flexibility index (Phi) is 8.71. The van der Waals surface area contributed by atoms with Crippen molar-refractivity contribution < 1.29 is 9.53 Å². The minimum atomic E-state index is -0.0624. The average Bonchev–Trinajstić information content (AvgIpc) is 3.40. The summed E-state index contributed by atoms with van der Waals surface area (Å²) in [7, 11) is 1.68. The van der Waals surface area contributed by atoms with Gasteiger partial charge in [-0.2, -0.15) is 0 Å². The number of para-hydroxylation sites is 1. The normalized spacial score (nSPS) is 14.8. The van der Waals surface area contributed by atoms with Crippen LogP contribution in [0, 0.1) is 4.77 Å². The van der Waals surface area contributed by atoms with Crippen LogP contribution in [0.15, 0.2) is 53.3 Å². The van der Waals surface area contributed by atoms with E-state index in [1.165, 1.54) is 18.4 Å². The SMILES string of the molecule is COc1cccc(C(CNC(=O)CCCCCn2c(=S)[nH]c3ccccc3c2=O)N2CCCC2)c1. The molecule has 35 heavy (non-hydrogen) atoms. The standard InChI is InChI=1S/C27H34N4O3S/c1-34-21-11-9-10-20(18-21)24(30-15-7-8-16-30)19-28-25(32)14-3-2-6-17-31-26(33)22-12-4-5-13-23(22)29-27(31)35/h4-5,9-13,18,24H,2-3,6-8,14-17,19H2,1H3,(H,28,32)(H,29,35). The van der Waals surface area contributed by atoms with E-state index >= 15 is 0 Å². The Balaban J connectivity index is 1.25.